The normalized spacial score (nSPS) is 18.6. The Hall–Kier alpha value is -1.75. The molecule has 1 unspecified atom stereocenters. The van der Waals surface area contributed by atoms with Gasteiger partial charge in [0.05, 0.1) is 11.6 Å². The van der Waals surface area contributed by atoms with E-state index in [2.05, 4.69) is 5.32 Å². The Bertz CT molecular complexity index is 462. The van der Waals surface area contributed by atoms with Gasteiger partial charge in [-0.05, 0) is 26.1 Å². The Kier molecular flexibility index (Phi) is 4.27. The standard InChI is InChI=1S/C14H20N2O3/c1-10-9-19-13-11(14(17)16(10)3)5-4-6-12(13)18-8-7-15-2/h4-6,10,15H,7-9H2,1-3H3. The summed E-state index contributed by atoms with van der Waals surface area (Å²) in [7, 11) is 3.66. The van der Waals surface area contributed by atoms with E-state index in [0.717, 1.165) is 6.54 Å². The predicted molar refractivity (Wildman–Crippen MR) is 72.9 cm³/mol. The maximum Gasteiger partial charge on any atom is 0.257 e. The second kappa shape index (κ2) is 5.93. The van der Waals surface area contributed by atoms with Gasteiger partial charge >= 0.3 is 0 Å². The highest BCUT2D eigenvalue weighted by molar-refractivity contribution is 5.98. The van der Waals surface area contributed by atoms with Crippen LogP contribution < -0.4 is 14.8 Å². The third kappa shape index (κ3) is 2.81. The van der Waals surface area contributed by atoms with Crippen molar-refractivity contribution < 1.29 is 14.3 Å². The van der Waals surface area contributed by atoms with E-state index in [1.165, 1.54) is 0 Å². The predicted octanol–water partition coefficient (Wildman–Crippen LogP) is 1.14. The lowest BCUT2D eigenvalue weighted by Gasteiger charge is -2.20. The van der Waals surface area contributed by atoms with Gasteiger partial charge in [0.1, 0.15) is 13.2 Å². The van der Waals surface area contributed by atoms with Crippen LogP contribution in [0.5, 0.6) is 11.5 Å². The molecule has 1 aromatic rings. The van der Waals surface area contributed by atoms with Gasteiger partial charge in [-0.1, -0.05) is 6.07 Å². The minimum atomic E-state index is -0.0286. The number of carbonyl (C=O) groups is 1. The molecule has 0 aromatic heterocycles. The Labute approximate surface area is 113 Å². The smallest absolute Gasteiger partial charge is 0.257 e. The fourth-order valence-electron chi connectivity index (χ4n) is 1.92. The molecule has 0 aliphatic carbocycles. The molecule has 5 heteroatoms. The van der Waals surface area contributed by atoms with E-state index in [0.29, 0.717) is 30.3 Å². The average Bonchev–Trinajstić information content (AvgIpc) is 2.53. The number of fused-ring (bicyclic) bond motifs is 1. The quantitative estimate of drug-likeness (QED) is 0.829. The lowest BCUT2D eigenvalue weighted by Crippen LogP contribution is -2.36. The molecule has 1 heterocycles. The maximum atomic E-state index is 12.3. The molecule has 0 bridgehead atoms. The fourth-order valence-corrected chi connectivity index (χ4v) is 1.92. The highest BCUT2D eigenvalue weighted by Crippen LogP contribution is 2.34. The van der Waals surface area contributed by atoms with E-state index in [4.69, 9.17) is 9.47 Å². The van der Waals surface area contributed by atoms with Gasteiger partial charge in [0.25, 0.3) is 5.91 Å². The molecule has 2 rings (SSSR count). The molecule has 104 valence electrons. The summed E-state index contributed by atoms with van der Waals surface area (Å²) >= 11 is 0. The first-order valence-electron chi connectivity index (χ1n) is 6.45. The van der Waals surface area contributed by atoms with Crippen molar-refractivity contribution in [2.75, 3.05) is 33.9 Å². The number of ether oxygens (including phenoxy) is 2. The Morgan fingerprint density at radius 1 is 1.53 bits per heavy atom. The van der Waals surface area contributed by atoms with Crippen LogP contribution in [0.15, 0.2) is 18.2 Å². The number of amides is 1. The zero-order valence-corrected chi connectivity index (χ0v) is 11.6. The van der Waals surface area contributed by atoms with Crippen LogP contribution in [-0.2, 0) is 0 Å². The number of hydrogen-bond acceptors (Lipinski definition) is 4. The number of nitrogens with zero attached hydrogens (tertiary/aromatic N) is 1. The molecule has 0 spiro atoms. The number of benzene rings is 1. The molecule has 1 aliphatic heterocycles. The molecule has 0 fully saturated rings. The highest BCUT2D eigenvalue weighted by atomic mass is 16.5. The van der Waals surface area contributed by atoms with E-state index in [1.54, 1.807) is 18.0 Å². The van der Waals surface area contributed by atoms with Crippen molar-refractivity contribution >= 4 is 5.91 Å². The van der Waals surface area contributed by atoms with Gasteiger partial charge in [-0.15, -0.1) is 0 Å². The van der Waals surface area contributed by atoms with Crippen LogP contribution in [0.25, 0.3) is 0 Å². The van der Waals surface area contributed by atoms with Crippen LogP contribution in [0.4, 0.5) is 0 Å². The molecule has 1 amide bonds. The summed E-state index contributed by atoms with van der Waals surface area (Å²) in [6.07, 6.45) is 0. The van der Waals surface area contributed by atoms with Gasteiger partial charge in [-0.3, -0.25) is 4.79 Å². The van der Waals surface area contributed by atoms with E-state index in [-0.39, 0.29) is 11.9 Å². The summed E-state index contributed by atoms with van der Waals surface area (Å²) in [6, 6.07) is 5.47. The van der Waals surface area contributed by atoms with Crippen molar-refractivity contribution in [3.05, 3.63) is 23.8 Å². The van der Waals surface area contributed by atoms with Crippen LogP contribution in [0.2, 0.25) is 0 Å². The molecule has 0 saturated carbocycles. The molecule has 0 radical (unpaired) electrons. The van der Waals surface area contributed by atoms with E-state index >= 15 is 0 Å². The van der Waals surface area contributed by atoms with Crippen molar-refractivity contribution in [1.29, 1.82) is 0 Å². The molecule has 1 aromatic carbocycles. The summed E-state index contributed by atoms with van der Waals surface area (Å²) < 4.78 is 11.4. The van der Waals surface area contributed by atoms with Crippen LogP contribution in [-0.4, -0.2) is 50.7 Å². The largest absolute Gasteiger partial charge is 0.488 e. The average molecular weight is 264 g/mol. The second-order valence-corrected chi connectivity index (χ2v) is 4.66. The lowest BCUT2D eigenvalue weighted by molar-refractivity contribution is 0.0732. The van der Waals surface area contributed by atoms with E-state index < -0.39 is 0 Å². The topological polar surface area (TPSA) is 50.8 Å². The Balaban J connectivity index is 2.28. The Morgan fingerprint density at radius 3 is 3.05 bits per heavy atom. The van der Waals surface area contributed by atoms with Crippen LogP contribution in [0, 0.1) is 0 Å². The molecule has 19 heavy (non-hydrogen) atoms. The molecule has 5 nitrogen and oxygen atoms in total. The number of hydrogen-bond donors (Lipinski definition) is 1. The number of likely N-dealkylation sites (N-methyl/N-ethyl adjacent to an activating group) is 2. The Morgan fingerprint density at radius 2 is 2.32 bits per heavy atom. The van der Waals surface area contributed by atoms with Crippen LogP contribution >= 0.6 is 0 Å². The first-order chi connectivity index (χ1) is 9.15. The molecular weight excluding hydrogens is 244 g/mol. The zero-order chi connectivity index (χ0) is 13.8. The molecule has 1 aliphatic rings. The second-order valence-electron chi connectivity index (χ2n) is 4.66. The zero-order valence-electron chi connectivity index (χ0n) is 11.6. The van der Waals surface area contributed by atoms with Crippen LogP contribution in [0.3, 0.4) is 0 Å². The van der Waals surface area contributed by atoms with Crippen molar-refractivity contribution in [3.8, 4) is 11.5 Å². The molecule has 0 saturated heterocycles. The van der Waals surface area contributed by atoms with E-state index in [9.17, 15) is 4.79 Å². The van der Waals surface area contributed by atoms with Gasteiger partial charge in [0, 0.05) is 13.6 Å². The van der Waals surface area contributed by atoms with Gasteiger partial charge in [-0.2, -0.15) is 0 Å². The summed E-state index contributed by atoms with van der Waals surface area (Å²) in [6.45, 7) is 3.72. The minimum Gasteiger partial charge on any atom is -0.488 e. The van der Waals surface area contributed by atoms with Crippen molar-refractivity contribution in [3.63, 3.8) is 0 Å². The maximum absolute atomic E-state index is 12.3. The highest BCUT2D eigenvalue weighted by Gasteiger charge is 2.27. The van der Waals surface area contributed by atoms with Crippen molar-refractivity contribution in [2.24, 2.45) is 0 Å². The number of para-hydroxylation sites is 1. The van der Waals surface area contributed by atoms with Crippen molar-refractivity contribution in [2.45, 2.75) is 13.0 Å². The van der Waals surface area contributed by atoms with Gasteiger partial charge in [0.15, 0.2) is 11.5 Å². The van der Waals surface area contributed by atoms with Crippen LogP contribution in [0.1, 0.15) is 17.3 Å². The number of nitrogens with one attached hydrogen (secondary N) is 1. The minimum absolute atomic E-state index is 0.0286. The third-order valence-electron chi connectivity index (χ3n) is 3.27. The van der Waals surface area contributed by atoms with E-state index in [1.807, 2.05) is 26.1 Å². The molecule has 1 atom stereocenters. The monoisotopic (exact) mass is 264 g/mol. The SMILES string of the molecule is CNCCOc1cccc2c1OCC(C)N(C)C2=O. The lowest BCUT2D eigenvalue weighted by atomic mass is 10.1. The summed E-state index contributed by atoms with van der Waals surface area (Å²) in [5.41, 5.74) is 0.564. The van der Waals surface area contributed by atoms with Gasteiger partial charge < -0.3 is 19.7 Å². The third-order valence-corrected chi connectivity index (χ3v) is 3.27. The fraction of sp³-hybridized carbons (Fsp3) is 0.500. The first-order valence-corrected chi connectivity index (χ1v) is 6.45. The first kappa shape index (κ1) is 13.7. The van der Waals surface area contributed by atoms with Crippen molar-refractivity contribution in [1.82, 2.24) is 10.2 Å². The van der Waals surface area contributed by atoms with Gasteiger partial charge in [-0.25, -0.2) is 0 Å². The molecular formula is C14H20N2O3. The molecule has 1 N–H and O–H groups in total. The number of carbonyl (C=O) groups excluding carboxylic acids is 1. The summed E-state index contributed by atoms with van der Waals surface area (Å²) in [5.74, 6) is 1.16. The summed E-state index contributed by atoms with van der Waals surface area (Å²) in [4.78, 5) is 14.0. The van der Waals surface area contributed by atoms with Gasteiger partial charge in [0.2, 0.25) is 0 Å². The summed E-state index contributed by atoms with van der Waals surface area (Å²) in [5, 5.41) is 3.01. The number of rotatable bonds is 4.